The molecular weight excluding hydrogens is 316 g/mol. The first kappa shape index (κ1) is 18.2. The van der Waals surface area contributed by atoms with Gasteiger partial charge in [0.25, 0.3) is 5.91 Å². The SMILES string of the molecule is CC(C)CC(CCO)CNC(=O)c1cc(F)c(Cl)cc1Cl. The summed E-state index contributed by atoms with van der Waals surface area (Å²) in [6.07, 6.45) is 1.50. The van der Waals surface area contributed by atoms with E-state index in [9.17, 15) is 9.18 Å². The van der Waals surface area contributed by atoms with E-state index in [0.717, 1.165) is 12.5 Å². The van der Waals surface area contributed by atoms with Crippen LogP contribution in [0.15, 0.2) is 12.1 Å². The van der Waals surface area contributed by atoms with E-state index in [1.54, 1.807) is 0 Å². The third kappa shape index (κ3) is 5.81. The zero-order valence-electron chi connectivity index (χ0n) is 12.1. The van der Waals surface area contributed by atoms with E-state index in [4.69, 9.17) is 28.3 Å². The molecular formula is C15H20Cl2FNO2. The smallest absolute Gasteiger partial charge is 0.252 e. The molecule has 1 atom stereocenters. The summed E-state index contributed by atoms with van der Waals surface area (Å²) in [5, 5.41) is 11.8. The molecule has 1 aromatic rings. The minimum atomic E-state index is -0.680. The van der Waals surface area contributed by atoms with Crippen LogP contribution < -0.4 is 5.32 Å². The van der Waals surface area contributed by atoms with Crippen LogP contribution in [0.5, 0.6) is 0 Å². The number of carbonyl (C=O) groups is 1. The van der Waals surface area contributed by atoms with Crippen molar-refractivity contribution in [3.63, 3.8) is 0 Å². The molecule has 0 aliphatic heterocycles. The van der Waals surface area contributed by atoms with Crippen molar-refractivity contribution in [2.24, 2.45) is 11.8 Å². The highest BCUT2D eigenvalue weighted by molar-refractivity contribution is 6.36. The predicted molar refractivity (Wildman–Crippen MR) is 83.4 cm³/mol. The standard InChI is InChI=1S/C15H20Cl2FNO2/c1-9(2)5-10(3-4-20)8-19-15(21)11-6-14(18)13(17)7-12(11)16/h6-7,9-10,20H,3-5,8H2,1-2H3,(H,19,21). The Balaban J connectivity index is 2.70. The molecule has 1 aromatic carbocycles. The summed E-state index contributed by atoms with van der Waals surface area (Å²) in [5.74, 6) is -0.479. The monoisotopic (exact) mass is 335 g/mol. The number of amides is 1. The van der Waals surface area contributed by atoms with Crippen molar-refractivity contribution in [3.05, 3.63) is 33.6 Å². The van der Waals surface area contributed by atoms with Gasteiger partial charge in [0.2, 0.25) is 0 Å². The van der Waals surface area contributed by atoms with Gasteiger partial charge in [0.05, 0.1) is 15.6 Å². The summed E-state index contributed by atoms with van der Waals surface area (Å²) >= 11 is 11.5. The van der Waals surface area contributed by atoms with Crippen molar-refractivity contribution < 1.29 is 14.3 Å². The molecule has 6 heteroatoms. The highest BCUT2D eigenvalue weighted by atomic mass is 35.5. The van der Waals surface area contributed by atoms with Crippen molar-refractivity contribution >= 4 is 29.1 Å². The van der Waals surface area contributed by atoms with Crippen LogP contribution >= 0.6 is 23.2 Å². The normalized spacial score (nSPS) is 12.5. The van der Waals surface area contributed by atoms with Crippen LogP contribution in [0.2, 0.25) is 10.0 Å². The minimum Gasteiger partial charge on any atom is -0.396 e. The van der Waals surface area contributed by atoms with Crippen LogP contribution in [-0.2, 0) is 0 Å². The van der Waals surface area contributed by atoms with Gasteiger partial charge in [-0.2, -0.15) is 0 Å². The lowest BCUT2D eigenvalue weighted by Crippen LogP contribution is -2.30. The lowest BCUT2D eigenvalue weighted by Gasteiger charge is -2.18. The molecule has 0 saturated heterocycles. The molecule has 118 valence electrons. The molecule has 0 heterocycles. The van der Waals surface area contributed by atoms with Gasteiger partial charge in [-0.3, -0.25) is 4.79 Å². The highest BCUT2D eigenvalue weighted by Crippen LogP contribution is 2.24. The Morgan fingerprint density at radius 1 is 1.33 bits per heavy atom. The first-order chi connectivity index (χ1) is 9.85. The maximum Gasteiger partial charge on any atom is 0.252 e. The topological polar surface area (TPSA) is 49.3 Å². The lowest BCUT2D eigenvalue weighted by molar-refractivity contribution is 0.0941. The fourth-order valence-corrected chi connectivity index (χ4v) is 2.65. The second-order valence-electron chi connectivity index (χ2n) is 5.46. The zero-order valence-corrected chi connectivity index (χ0v) is 13.6. The number of hydrogen-bond donors (Lipinski definition) is 2. The summed E-state index contributed by atoms with van der Waals surface area (Å²) in [6, 6.07) is 2.25. The molecule has 0 bridgehead atoms. The van der Waals surface area contributed by atoms with E-state index >= 15 is 0 Å². The Labute approximate surface area is 134 Å². The predicted octanol–water partition coefficient (Wildman–Crippen LogP) is 3.91. The second-order valence-corrected chi connectivity index (χ2v) is 6.28. The van der Waals surface area contributed by atoms with Gasteiger partial charge in [-0.1, -0.05) is 37.0 Å². The summed E-state index contributed by atoms with van der Waals surface area (Å²) in [5.41, 5.74) is 0.0610. The highest BCUT2D eigenvalue weighted by Gasteiger charge is 2.16. The van der Waals surface area contributed by atoms with Crippen molar-refractivity contribution in [1.29, 1.82) is 0 Å². The minimum absolute atomic E-state index is 0.0610. The molecule has 3 nitrogen and oxygen atoms in total. The molecule has 0 spiro atoms. The van der Waals surface area contributed by atoms with Crippen LogP contribution in [-0.4, -0.2) is 24.2 Å². The molecule has 1 unspecified atom stereocenters. The van der Waals surface area contributed by atoms with E-state index in [1.807, 2.05) is 0 Å². The zero-order chi connectivity index (χ0) is 16.0. The van der Waals surface area contributed by atoms with Gasteiger partial charge in [0, 0.05) is 13.2 Å². The van der Waals surface area contributed by atoms with E-state index < -0.39 is 11.7 Å². The molecule has 0 aliphatic rings. The summed E-state index contributed by atoms with van der Waals surface area (Å²) in [4.78, 5) is 12.1. The molecule has 0 aliphatic carbocycles. The first-order valence-corrected chi connectivity index (χ1v) is 7.64. The van der Waals surface area contributed by atoms with Gasteiger partial charge in [-0.25, -0.2) is 4.39 Å². The van der Waals surface area contributed by atoms with E-state index in [1.165, 1.54) is 6.07 Å². The van der Waals surface area contributed by atoms with Gasteiger partial charge in [0.1, 0.15) is 5.82 Å². The third-order valence-corrected chi connectivity index (χ3v) is 3.75. The molecule has 0 saturated carbocycles. The average Bonchev–Trinajstić information content (AvgIpc) is 2.39. The summed E-state index contributed by atoms with van der Waals surface area (Å²) in [6.45, 7) is 4.65. The Hall–Kier alpha value is -0.840. The van der Waals surface area contributed by atoms with Crippen LogP contribution in [0.4, 0.5) is 4.39 Å². The maximum absolute atomic E-state index is 13.4. The Kier molecular flexibility index (Phi) is 7.43. The Morgan fingerprint density at radius 2 is 2.00 bits per heavy atom. The molecule has 1 amide bonds. The van der Waals surface area contributed by atoms with Crippen molar-refractivity contribution in [1.82, 2.24) is 5.32 Å². The number of aliphatic hydroxyl groups is 1. The van der Waals surface area contributed by atoms with Crippen molar-refractivity contribution in [2.45, 2.75) is 26.7 Å². The molecule has 2 N–H and O–H groups in total. The molecule has 1 rings (SSSR count). The number of hydrogen-bond acceptors (Lipinski definition) is 2. The van der Waals surface area contributed by atoms with Crippen molar-refractivity contribution in [2.75, 3.05) is 13.2 Å². The summed E-state index contributed by atoms with van der Waals surface area (Å²) < 4.78 is 13.4. The number of halogens is 3. The Bertz CT molecular complexity index is 495. The van der Waals surface area contributed by atoms with Crippen LogP contribution in [0, 0.1) is 17.7 Å². The van der Waals surface area contributed by atoms with E-state index in [2.05, 4.69) is 19.2 Å². The van der Waals surface area contributed by atoms with Crippen molar-refractivity contribution in [3.8, 4) is 0 Å². The first-order valence-electron chi connectivity index (χ1n) is 6.88. The van der Waals surface area contributed by atoms with Gasteiger partial charge in [-0.15, -0.1) is 0 Å². The van der Waals surface area contributed by atoms with Crippen LogP contribution in [0.3, 0.4) is 0 Å². The quantitative estimate of drug-likeness (QED) is 0.742. The second kappa shape index (κ2) is 8.57. The number of carbonyl (C=O) groups excluding carboxylic acids is 1. The van der Waals surface area contributed by atoms with Gasteiger partial charge in [0.15, 0.2) is 0 Å². The average molecular weight is 336 g/mol. The largest absolute Gasteiger partial charge is 0.396 e. The summed E-state index contributed by atoms with van der Waals surface area (Å²) in [7, 11) is 0. The van der Waals surface area contributed by atoms with Gasteiger partial charge >= 0.3 is 0 Å². The number of aliphatic hydroxyl groups excluding tert-OH is 1. The maximum atomic E-state index is 13.4. The van der Waals surface area contributed by atoms with E-state index in [-0.39, 0.29) is 28.1 Å². The van der Waals surface area contributed by atoms with Gasteiger partial charge < -0.3 is 10.4 Å². The fraction of sp³-hybridized carbons (Fsp3) is 0.533. The Morgan fingerprint density at radius 3 is 2.57 bits per heavy atom. The fourth-order valence-electron chi connectivity index (χ4n) is 2.18. The molecule has 0 aromatic heterocycles. The molecule has 0 fully saturated rings. The van der Waals surface area contributed by atoms with Crippen LogP contribution in [0.25, 0.3) is 0 Å². The third-order valence-electron chi connectivity index (χ3n) is 3.15. The lowest BCUT2D eigenvalue weighted by atomic mass is 9.94. The van der Waals surface area contributed by atoms with Gasteiger partial charge in [-0.05, 0) is 36.8 Å². The number of nitrogens with one attached hydrogen (secondary N) is 1. The number of rotatable bonds is 7. The molecule has 21 heavy (non-hydrogen) atoms. The number of benzene rings is 1. The van der Waals surface area contributed by atoms with E-state index in [0.29, 0.717) is 18.9 Å². The van der Waals surface area contributed by atoms with Crippen LogP contribution in [0.1, 0.15) is 37.0 Å². The molecule has 0 radical (unpaired) electrons.